The highest BCUT2D eigenvalue weighted by Crippen LogP contribution is 2.56. The van der Waals surface area contributed by atoms with E-state index in [-0.39, 0.29) is 48.5 Å². The molecule has 1 saturated heterocycles. The van der Waals surface area contributed by atoms with Gasteiger partial charge in [-0.25, -0.2) is 4.79 Å². The van der Waals surface area contributed by atoms with Crippen LogP contribution in [0.15, 0.2) is 60.7 Å². The van der Waals surface area contributed by atoms with E-state index in [0.29, 0.717) is 12.1 Å². The first kappa shape index (κ1) is 47.5. The third kappa shape index (κ3) is 6.92. The molecule has 0 aliphatic carbocycles. The van der Waals surface area contributed by atoms with Crippen LogP contribution in [0.3, 0.4) is 0 Å². The summed E-state index contributed by atoms with van der Waals surface area (Å²) >= 11 is 0. The molecule has 0 saturated carbocycles. The number of hydrogen-bond acceptors (Lipinski definition) is 26. The molecular formula is C41H32O26. The number of ether oxygens (including phenoxy) is 2. The predicted molar refractivity (Wildman–Crippen MR) is 209 cm³/mol. The van der Waals surface area contributed by atoms with E-state index in [1.807, 2.05) is 0 Å². The number of aliphatic hydroxyl groups is 4. The molecular weight excluding hydrogens is 908 g/mol. The van der Waals surface area contributed by atoms with Gasteiger partial charge < -0.3 is 106 Å². The summed E-state index contributed by atoms with van der Waals surface area (Å²) in [7, 11) is 0. The summed E-state index contributed by atoms with van der Waals surface area (Å²) in [4.78, 5) is 73.4. The summed E-state index contributed by atoms with van der Waals surface area (Å²) in [5.74, 6) is -37.8. The van der Waals surface area contributed by atoms with Gasteiger partial charge >= 0.3 is 5.97 Å². The topological polar surface area (TPSA) is 488 Å². The minimum atomic E-state index is -5.28. The molecule has 6 rings (SSSR count). The third-order valence-electron chi connectivity index (χ3n) is 10.7. The smallest absolute Gasteiger partial charge is 0.338 e. The lowest BCUT2D eigenvalue weighted by atomic mass is 9.55. The van der Waals surface area contributed by atoms with Gasteiger partial charge in [-0.1, -0.05) is 0 Å². The van der Waals surface area contributed by atoms with Gasteiger partial charge in [-0.15, -0.1) is 0 Å². The molecule has 26 nitrogen and oxygen atoms in total. The Morgan fingerprint density at radius 2 is 0.642 bits per heavy atom. The van der Waals surface area contributed by atoms with Crippen LogP contribution in [-0.4, -0.2) is 161 Å². The summed E-state index contributed by atoms with van der Waals surface area (Å²) in [5.41, 5.74) is -22.1. The van der Waals surface area contributed by atoms with E-state index in [4.69, 9.17) is 9.47 Å². The van der Waals surface area contributed by atoms with Crippen LogP contribution in [0.1, 0.15) is 51.8 Å². The zero-order valence-corrected chi connectivity index (χ0v) is 32.9. The summed E-state index contributed by atoms with van der Waals surface area (Å²) in [6, 6.07) is 1.99. The molecule has 0 aromatic heterocycles. The molecule has 1 aliphatic heterocycles. The van der Waals surface area contributed by atoms with Crippen LogP contribution < -0.4 is 0 Å². The number of phenolic OH excluding ortho intramolecular Hbond substituents is 15. The fourth-order valence-corrected chi connectivity index (χ4v) is 7.20. The van der Waals surface area contributed by atoms with E-state index >= 15 is 9.59 Å². The van der Waals surface area contributed by atoms with Gasteiger partial charge in [0.15, 0.2) is 91.8 Å². The van der Waals surface area contributed by atoms with Crippen LogP contribution in [0.2, 0.25) is 0 Å². The van der Waals surface area contributed by atoms with Crippen molar-refractivity contribution in [2.24, 2.45) is 0 Å². The number of Topliss-reactive ketones (excluding diaryl/α,β-unsaturated/α-hetero) is 4. The minimum Gasteiger partial charge on any atom is -0.504 e. The molecule has 5 aromatic rings. The molecule has 0 amide bonds. The Labute approximate surface area is 369 Å². The first-order chi connectivity index (χ1) is 31.0. The molecule has 0 radical (unpaired) electrons. The van der Waals surface area contributed by atoms with Crippen LogP contribution >= 0.6 is 0 Å². The third-order valence-corrected chi connectivity index (χ3v) is 10.7. The number of aromatic hydroxyl groups is 15. The van der Waals surface area contributed by atoms with Gasteiger partial charge in [-0.3, -0.25) is 19.2 Å². The van der Waals surface area contributed by atoms with Gasteiger partial charge in [0.05, 0.1) is 5.56 Å². The lowest BCUT2D eigenvalue weighted by Gasteiger charge is -2.60. The van der Waals surface area contributed by atoms with Crippen molar-refractivity contribution < 1.29 is 130 Å². The number of benzene rings is 5. The highest BCUT2D eigenvalue weighted by Gasteiger charge is 2.86. The first-order valence-corrected chi connectivity index (χ1v) is 18.2. The van der Waals surface area contributed by atoms with Gasteiger partial charge in [-0.2, -0.15) is 0 Å². The highest BCUT2D eigenvalue weighted by atomic mass is 16.7. The molecule has 5 atom stereocenters. The van der Waals surface area contributed by atoms with Crippen molar-refractivity contribution in [1.82, 2.24) is 0 Å². The largest absolute Gasteiger partial charge is 0.504 e. The second-order valence-electron chi connectivity index (χ2n) is 14.7. The number of ketones is 4. The SMILES string of the molecule is O=C(OC[C@H]1O[C@](O)(C(=O)c2cc(O)c(O)c(O)c2)[C@@](O)(C(=O)c2cc(O)c(O)c(O)c2)[C@](O)(C(=O)c2cc(O)c(O)c(O)c2)[C@@]1(O)C(=O)c1cc(O)c(O)c(O)c1)c1cc(O)c(O)c(O)c1. The number of carbonyl (C=O) groups excluding carboxylic acids is 5. The van der Waals surface area contributed by atoms with E-state index in [1.165, 1.54) is 0 Å². The summed E-state index contributed by atoms with van der Waals surface area (Å²) < 4.78 is 10.4. The van der Waals surface area contributed by atoms with Gasteiger partial charge in [-0.05, 0) is 60.7 Å². The van der Waals surface area contributed by atoms with Gasteiger partial charge in [0, 0.05) is 22.3 Å². The maximum Gasteiger partial charge on any atom is 0.338 e. The average Bonchev–Trinajstić information content (AvgIpc) is 3.27. The zero-order valence-electron chi connectivity index (χ0n) is 32.9. The van der Waals surface area contributed by atoms with Crippen molar-refractivity contribution in [1.29, 1.82) is 0 Å². The van der Waals surface area contributed by atoms with Crippen molar-refractivity contribution in [3.05, 3.63) is 88.5 Å². The maximum absolute atomic E-state index is 15.2. The Morgan fingerprint density at radius 1 is 0.388 bits per heavy atom. The number of hydrogen-bond donors (Lipinski definition) is 19. The number of phenols is 15. The van der Waals surface area contributed by atoms with Crippen LogP contribution in [-0.2, 0) is 9.47 Å². The quantitative estimate of drug-likeness (QED) is 0.0439. The van der Waals surface area contributed by atoms with Crippen molar-refractivity contribution in [3.8, 4) is 86.2 Å². The van der Waals surface area contributed by atoms with E-state index in [2.05, 4.69) is 0 Å². The van der Waals surface area contributed by atoms with Crippen LogP contribution in [0.25, 0.3) is 0 Å². The second kappa shape index (κ2) is 15.9. The molecule has 26 heteroatoms. The number of rotatable bonds is 11. The van der Waals surface area contributed by atoms with Crippen molar-refractivity contribution in [3.63, 3.8) is 0 Å². The summed E-state index contributed by atoms with van der Waals surface area (Å²) in [6.45, 7) is -1.99. The first-order valence-electron chi connectivity index (χ1n) is 18.2. The Bertz CT molecular complexity index is 2860. The molecule has 0 bridgehead atoms. The van der Waals surface area contributed by atoms with Crippen LogP contribution in [0.5, 0.6) is 86.2 Å². The summed E-state index contributed by atoms with van der Waals surface area (Å²) in [6.07, 6.45) is -3.43. The molecule has 1 heterocycles. The fraction of sp³-hybridized carbons (Fsp3) is 0.146. The average molecular weight is 941 g/mol. The standard InChI is InChI=1S/C41H32O26/c42-17-1-12(2-18(43)28(17)52)33(57)38(62)27(11-66-37(61)16-9-25(50)32(56)26(51)10-16)67-41(65,36(60)15-7-23(48)31(55)24(49)8-15)40(64,35(59)14-5-21(46)30(54)22(47)6-14)39(38,63)34(58)13-3-19(44)29(53)20(45)4-13/h1-10,27,42-56,62-65H,11H2/t27-,38+,39+,40-,41-/m1/s1. The Hall–Kier alpha value is -8.95. The molecule has 19 N–H and O–H groups in total. The van der Waals surface area contributed by atoms with Crippen LogP contribution in [0, 0.1) is 0 Å². The maximum atomic E-state index is 15.2. The molecule has 5 aromatic carbocycles. The Morgan fingerprint density at radius 3 is 0.955 bits per heavy atom. The van der Waals surface area contributed by atoms with E-state index in [1.54, 1.807) is 0 Å². The highest BCUT2D eigenvalue weighted by molar-refractivity contribution is 6.22. The molecule has 1 aliphatic rings. The molecule has 67 heavy (non-hydrogen) atoms. The predicted octanol–water partition coefficient (Wildman–Crippen LogP) is -0.760. The minimum absolute atomic E-state index is 0.104. The fourth-order valence-electron chi connectivity index (χ4n) is 7.20. The van der Waals surface area contributed by atoms with Gasteiger partial charge in [0.1, 0.15) is 12.7 Å². The number of esters is 1. The van der Waals surface area contributed by atoms with Crippen molar-refractivity contribution in [2.45, 2.75) is 28.7 Å². The van der Waals surface area contributed by atoms with Crippen molar-refractivity contribution in [2.75, 3.05) is 6.61 Å². The number of carbonyl (C=O) groups is 5. The zero-order chi connectivity index (χ0) is 50.2. The van der Waals surface area contributed by atoms with E-state index < -0.39 is 178 Å². The van der Waals surface area contributed by atoms with Gasteiger partial charge in [0.25, 0.3) is 5.79 Å². The van der Waals surface area contributed by atoms with E-state index in [0.717, 1.165) is 0 Å². The Balaban J connectivity index is 1.79. The molecule has 0 unspecified atom stereocenters. The van der Waals surface area contributed by atoms with Crippen molar-refractivity contribution >= 4 is 29.1 Å². The molecule has 1 fully saturated rings. The lowest BCUT2D eigenvalue weighted by Crippen LogP contribution is -2.91. The molecule has 0 spiro atoms. The van der Waals surface area contributed by atoms with Crippen LogP contribution in [0.4, 0.5) is 0 Å². The summed E-state index contributed by atoms with van der Waals surface area (Å²) in [5, 5.41) is 205. The van der Waals surface area contributed by atoms with E-state index in [9.17, 15) is 111 Å². The van der Waals surface area contributed by atoms with Gasteiger partial charge in [0.2, 0.25) is 34.3 Å². The monoisotopic (exact) mass is 940 g/mol. The normalized spacial score (nSPS) is 22.4. The molecule has 352 valence electrons. The second-order valence-corrected chi connectivity index (χ2v) is 14.7. The lowest BCUT2D eigenvalue weighted by molar-refractivity contribution is -0.377. The Kier molecular flexibility index (Phi) is 11.3.